The number of carbonyl (C=O) groups excluding carboxylic acids is 2. The van der Waals surface area contributed by atoms with Crippen molar-refractivity contribution in [3.63, 3.8) is 0 Å². The molecule has 1 atom stereocenters. The maximum atomic E-state index is 12.6. The van der Waals surface area contributed by atoms with Crippen molar-refractivity contribution in [3.8, 4) is 11.7 Å². The molecule has 2 N–H and O–H groups in total. The Balaban J connectivity index is 1.80. The number of rotatable bonds is 6. The van der Waals surface area contributed by atoms with Crippen LogP contribution in [0.2, 0.25) is 0 Å². The molecule has 0 radical (unpaired) electrons. The van der Waals surface area contributed by atoms with Gasteiger partial charge in [-0.1, -0.05) is 30.3 Å². The van der Waals surface area contributed by atoms with E-state index in [0.717, 1.165) is 11.8 Å². The number of urea groups is 1. The van der Waals surface area contributed by atoms with E-state index in [1.807, 2.05) is 18.2 Å². The number of hydrogen-bond acceptors (Lipinski definition) is 7. The highest BCUT2D eigenvalue weighted by Crippen LogP contribution is 2.35. The number of hydrogen-bond donors (Lipinski definition) is 2. The molecule has 0 saturated carbocycles. The highest BCUT2D eigenvalue weighted by molar-refractivity contribution is 8.00. The summed E-state index contributed by atoms with van der Waals surface area (Å²) in [5.41, 5.74) is 0.706. The minimum absolute atomic E-state index is 0.191. The zero-order valence-electron chi connectivity index (χ0n) is 13.8. The second-order valence-corrected chi connectivity index (χ2v) is 6.16. The van der Waals surface area contributed by atoms with Gasteiger partial charge in [-0.2, -0.15) is 0 Å². The van der Waals surface area contributed by atoms with Crippen LogP contribution in [0, 0.1) is 0 Å². The molecule has 0 aliphatic rings. The molecule has 0 bridgehead atoms. The van der Waals surface area contributed by atoms with E-state index in [-0.39, 0.29) is 11.1 Å². The monoisotopic (exact) mass is 372 g/mol. The number of thioether (sulfide) groups is 1. The van der Waals surface area contributed by atoms with Gasteiger partial charge in [-0.25, -0.2) is 4.79 Å². The Morgan fingerprint density at radius 1 is 1.15 bits per heavy atom. The van der Waals surface area contributed by atoms with Crippen LogP contribution in [0.4, 0.5) is 4.79 Å². The van der Waals surface area contributed by atoms with Crippen LogP contribution < -0.4 is 10.6 Å². The maximum absolute atomic E-state index is 12.6. The fraction of sp³-hybridized carbons (Fsp3) is 0.176. The van der Waals surface area contributed by atoms with E-state index in [0.29, 0.717) is 17.9 Å². The fourth-order valence-corrected chi connectivity index (χ4v) is 3.02. The van der Waals surface area contributed by atoms with Crippen molar-refractivity contribution < 1.29 is 18.4 Å². The van der Waals surface area contributed by atoms with Crippen LogP contribution in [-0.4, -0.2) is 28.7 Å². The largest absolute Gasteiger partial charge is 0.459 e. The molecule has 0 saturated heterocycles. The third-order valence-electron chi connectivity index (χ3n) is 3.27. The van der Waals surface area contributed by atoms with Gasteiger partial charge in [-0.05, 0) is 36.4 Å². The van der Waals surface area contributed by atoms with Crippen molar-refractivity contribution in [2.45, 2.75) is 17.4 Å². The molecule has 26 heavy (non-hydrogen) atoms. The highest BCUT2D eigenvalue weighted by Gasteiger charge is 2.26. The minimum atomic E-state index is -0.733. The number of amides is 3. The molecule has 134 valence electrons. The van der Waals surface area contributed by atoms with Crippen LogP contribution in [0.1, 0.15) is 17.7 Å². The van der Waals surface area contributed by atoms with Gasteiger partial charge < -0.3 is 14.2 Å². The van der Waals surface area contributed by atoms with Gasteiger partial charge in [0, 0.05) is 6.54 Å². The van der Waals surface area contributed by atoms with Crippen LogP contribution in [0.15, 0.2) is 62.8 Å². The molecule has 0 spiro atoms. The Bertz CT molecular complexity index is 864. The molecule has 2 heterocycles. The van der Waals surface area contributed by atoms with E-state index in [1.165, 1.54) is 6.26 Å². The van der Waals surface area contributed by atoms with Crippen molar-refractivity contribution in [1.29, 1.82) is 0 Å². The van der Waals surface area contributed by atoms with Crippen LogP contribution in [0.5, 0.6) is 0 Å². The lowest BCUT2D eigenvalue weighted by molar-refractivity contribution is -0.119. The molecule has 1 aromatic carbocycles. The van der Waals surface area contributed by atoms with Crippen LogP contribution in [0.25, 0.3) is 11.7 Å². The molecular weight excluding hydrogens is 356 g/mol. The number of furan rings is 1. The first-order chi connectivity index (χ1) is 12.7. The normalized spacial score (nSPS) is 11.7. The standard InChI is InChI=1S/C17H16N4O4S/c1-2-18-16(23)19-14(22)13(11-7-4-3-5-8-11)26-17-21-20-15(25-17)12-9-6-10-24-12/h3-10,13H,2H2,1H3,(H2,18,19,22,23)/t13-/m1/s1. The summed E-state index contributed by atoms with van der Waals surface area (Å²) < 4.78 is 10.8. The van der Waals surface area contributed by atoms with Gasteiger partial charge in [-0.3, -0.25) is 10.1 Å². The predicted octanol–water partition coefficient (Wildman–Crippen LogP) is 3.01. The average molecular weight is 372 g/mol. The topological polar surface area (TPSA) is 110 Å². The van der Waals surface area contributed by atoms with Crippen molar-refractivity contribution in [2.24, 2.45) is 0 Å². The third-order valence-corrected chi connectivity index (χ3v) is 4.36. The number of nitrogens with zero attached hydrogens (tertiary/aromatic N) is 2. The second-order valence-electron chi connectivity index (χ2n) is 5.11. The van der Waals surface area contributed by atoms with E-state index in [1.54, 1.807) is 31.2 Å². The van der Waals surface area contributed by atoms with Gasteiger partial charge >= 0.3 is 6.03 Å². The molecule has 8 nitrogen and oxygen atoms in total. The molecular formula is C17H16N4O4S. The maximum Gasteiger partial charge on any atom is 0.321 e. The zero-order chi connectivity index (χ0) is 18.4. The Morgan fingerprint density at radius 3 is 2.65 bits per heavy atom. The number of imide groups is 1. The molecule has 2 aromatic heterocycles. The first-order valence-electron chi connectivity index (χ1n) is 7.85. The molecule has 3 rings (SSSR count). The molecule has 0 unspecified atom stereocenters. The summed E-state index contributed by atoms with van der Waals surface area (Å²) in [4.78, 5) is 24.3. The molecule has 9 heteroatoms. The van der Waals surface area contributed by atoms with Gasteiger partial charge in [0.05, 0.1) is 6.26 Å². The lowest BCUT2D eigenvalue weighted by Crippen LogP contribution is -2.41. The highest BCUT2D eigenvalue weighted by atomic mass is 32.2. The zero-order valence-corrected chi connectivity index (χ0v) is 14.7. The van der Waals surface area contributed by atoms with Crippen LogP contribution >= 0.6 is 11.8 Å². The number of benzene rings is 1. The van der Waals surface area contributed by atoms with Gasteiger partial charge in [-0.15, -0.1) is 10.2 Å². The first-order valence-corrected chi connectivity index (χ1v) is 8.73. The average Bonchev–Trinajstić information content (AvgIpc) is 3.32. The third kappa shape index (κ3) is 4.31. The van der Waals surface area contributed by atoms with Crippen molar-refractivity contribution >= 4 is 23.7 Å². The molecule has 3 aromatic rings. The quantitative estimate of drug-likeness (QED) is 0.640. The lowest BCUT2D eigenvalue weighted by Gasteiger charge is -2.14. The lowest BCUT2D eigenvalue weighted by atomic mass is 10.1. The second kappa shape index (κ2) is 8.34. The molecule has 0 aliphatic carbocycles. The van der Waals surface area contributed by atoms with Crippen molar-refractivity contribution in [1.82, 2.24) is 20.8 Å². The molecule has 0 fully saturated rings. The number of carbonyl (C=O) groups is 2. The Kier molecular flexibility index (Phi) is 5.69. The molecule has 0 aliphatic heterocycles. The summed E-state index contributed by atoms with van der Waals surface area (Å²) in [5, 5.41) is 12.2. The smallest absolute Gasteiger partial charge is 0.321 e. The van der Waals surface area contributed by atoms with Gasteiger partial charge in [0.2, 0.25) is 5.91 Å². The summed E-state index contributed by atoms with van der Waals surface area (Å²) in [5.74, 6) is 0.172. The Labute approximate surface area is 153 Å². The summed E-state index contributed by atoms with van der Waals surface area (Å²) in [6.45, 7) is 2.18. The Morgan fingerprint density at radius 2 is 1.96 bits per heavy atom. The minimum Gasteiger partial charge on any atom is -0.459 e. The summed E-state index contributed by atoms with van der Waals surface area (Å²) in [6, 6.07) is 11.9. The van der Waals surface area contributed by atoms with Gasteiger partial charge in [0.25, 0.3) is 11.1 Å². The predicted molar refractivity (Wildman–Crippen MR) is 94.3 cm³/mol. The van der Waals surface area contributed by atoms with Crippen LogP contribution in [0.3, 0.4) is 0 Å². The number of aromatic nitrogens is 2. The van der Waals surface area contributed by atoms with Gasteiger partial charge in [0.15, 0.2) is 5.76 Å². The molecule has 3 amide bonds. The fourth-order valence-electron chi connectivity index (χ4n) is 2.14. The van der Waals surface area contributed by atoms with Gasteiger partial charge in [0.1, 0.15) is 5.25 Å². The van der Waals surface area contributed by atoms with E-state index in [4.69, 9.17) is 8.83 Å². The van der Waals surface area contributed by atoms with Crippen molar-refractivity contribution in [2.75, 3.05) is 6.54 Å². The first kappa shape index (κ1) is 17.7. The summed E-state index contributed by atoms with van der Waals surface area (Å²) in [6.07, 6.45) is 1.50. The van der Waals surface area contributed by atoms with E-state index in [2.05, 4.69) is 20.8 Å². The van der Waals surface area contributed by atoms with Crippen LogP contribution in [-0.2, 0) is 4.79 Å². The Hall–Kier alpha value is -3.07. The SMILES string of the molecule is CCNC(=O)NC(=O)[C@H](Sc1nnc(-c2ccco2)o1)c1ccccc1. The van der Waals surface area contributed by atoms with E-state index >= 15 is 0 Å². The van der Waals surface area contributed by atoms with E-state index < -0.39 is 17.2 Å². The summed E-state index contributed by atoms with van der Waals surface area (Å²) in [7, 11) is 0. The summed E-state index contributed by atoms with van der Waals surface area (Å²) >= 11 is 1.05. The van der Waals surface area contributed by atoms with E-state index in [9.17, 15) is 9.59 Å². The number of nitrogens with one attached hydrogen (secondary N) is 2. The van der Waals surface area contributed by atoms with Crippen molar-refractivity contribution in [3.05, 3.63) is 54.3 Å².